The van der Waals surface area contributed by atoms with Gasteiger partial charge >= 0.3 is 29.5 Å². The van der Waals surface area contributed by atoms with Crippen molar-refractivity contribution in [3.8, 4) is 11.5 Å². The average Bonchev–Trinajstić information content (AvgIpc) is 3.57. The van der Waals surface area contributed by atoms with Gasteiger partial charge < -0.3 is 32.8 Å². The number of ether oxygens (including phenoxy) is 6. The molecule has 0 N–H and O–H groups in total. The Morgan fingerprint density at radius 3 is 1.81 bits per heavy atom. The molecule has 1 aromatic heterocycles. The van der Waals surface area contributed by atoms with Crippen molar-refractivity contribution in [3.63, 3.8) is 0 Å². The van der Waals surface area contributed by atoms with Crippen molar-refractivity contribution in [2.24, 2.45) is 21.7 Å². The summed E-state index contributed by atoms with van der Waals surface area (Å²) in [5, 5.41) is 0.395. The molecule has 2 saturated carbocycles. The molecule has 286 valence electrons. The van der Waals surface area contributed by atoms with Crippen molar-refractivity contribution in [2.45, 2.75) is 124 Å². The number of aryl methyl sites for hydroxylation is 1. The normalized spacial score (nSPS) is 33.4. The van der Waals surface area contributed by atoms with Crippen molar-refractivity contribution in [2.75, 3.05) is 0 Å². The molecule has 2 aromatic carbocycles. The summed E-state index contributed by atoms with van der Waals surface area (Å²) < 4.78 is 43.6. The van der Waals surface area contributed by atoms with Gasteiger partial charge in [-0.25, -0.2) is 14.4 Å². The fraction of sp³-hybridized carbons (Fsp3) is 0.548. The maximum atomic E-state index is 14.7. The molecule has 2 saturated heterocycles. The molecule has 12 nitrogen and oxygen atoms in total. The number of fused-ring (bicyclic) bond motifs is 7. The summed E-state index contributed by atoms with van der Waals surface area (Å²) in [6, 6.07) is 12.8. The molecule has 3 aromatic rings. The van der Waals surface area contributed by atoms with E-state index in [1.807, 2.05) is 58.0 Å². The van der Waals surface area contributed by atoms with Crippen LogP contribution in [0.3, 0.4) is 0 Å². The van der Waals surface area contributed by atoms with Crippen LogP contribution in [-0.4, -0.2) is 46.8 Å². The van der Waals surface area contributed by atoms with E-state index in [2.05, 4.69) is 0 Å². The lowest BCUT2D eigenvalue weighted by Crippen LogP contribution is -2.57. The minimum atomic E-state index is -1.64. The van der Waals surface area contributed by atoms with Gasteiger partial charge in [0.1, 0.15) is 23.7 Å². The molecular formula is C42H46O12. The quantitative estimate of drug-likeness (QED) is 0.146. The third kappa shape index (κ3) is 4.39. The Balaban J connectivity index is 1.28. The second-order valence-corrected chi connectivity index (χ2v) is 17.7. The molecule has 4 heterocycles. The number of carbonyl (C=O) groups is 4. The zero-order valence-corrected chi connectivity index (χ0v) is 32.1. The summed E-state index contributed by atoms with van der Waals surface area (Å²) in [6.07, 6.45) is -1.53. The minimum Gasteiger partial charge on any atom is -0.488 e. The highest BCUT2D eigenvalue weighted by atomic mass is 16.7. The lowest BCUT2D eigenvalue weighted by Gasteiger charge is -2.46. The van der Waals surface area contributed by atoms with Gasteiger partial charge in [0.15, 0.2) is 17.8 Å². The molecule has 4 bridgehead atoms. The van der Waals surface area contributed by atoms with Gasteiger partial charge in [-0.2, -0.15) is 0 Å². The van der Waals surface area contributed by atoms with Crippen LogP contribution in [0.5, 0.6) is 11.5 Å². The second kappa shape index (κ2) is 11.1. The summed E-state index contributed by atoms with van der Waals surface area (Å²) in [5.41, 5.74) is -7.68. The SMILES string of the molecule is Cc1cc2c(OCc3ccccc3)cc3c(c2oc1=O)[C@@H](OC(=O)C12CCC(C)(C(=O)O1)C2(C)C)[C@@H](OC(=O)C12CCC(C)(C(=O)O1)C2(C)C)C(C)(C)O3. The van der Waals surface area contributed by atoms with Gasteiger partial charge in [0, 0.05) is 22.5 Å². The van der Waals surface area contributed by atoms with Crippen LogP contribution in [0.15, 0.2) is 51.7 Å². The van der Waals surface area contributed by atoms with Crippen LogP contribution in [0.1, 0.15) is 104 Å². The Morgan fingerprint density at radius 2 is 1.30 bits per heavy atom. The zero-order chi connectivity index (χ0) is 39.0. The van der Waals surface area contributed by atoms with Gasteiger partial charge in [-0.1, -0.05) is 58.0 Å². The van der Waals surface area contributed by atoms with Crippen LogP contribution in [0.4, 0.5) is 0 Å². The van der Waals surface area contributed by atoms with E-state index in [4.69, 9.17) is 32.8 Å². The van der Waals surface area contributed by atoms with Crippen molar-refractivity contribution in [1.82, 2.24) is 0 Å². The third-order valence-electron chi connectivity index (χ3n) is 14.3. The Bertz CT molecular complexity index is 2220. The minimum absolute atomic E-state index is 0.0103. The molecule has 8 rings (SSSR count). The maximum Gasteiger partial charge on any atom is 0.351 e. The van der Waals surface area contributed by atoms with Crippen molar-refractivity contribution in [3.05, 3.63) is 69.6 Å². The van der Waals surface area contributed by atoms with Crippen LogP contribution in [0.2, 0.25) is 0 Å². The predicted molar refractivity (Wildman–Crippen MR) is 191 cm³/mol. The molecule has 12 heteroatoms. The lowest BCUT2D eigenvalue weighted by molar-refractivity contribution is -0.217. The number of benzene rings is 2. The number of rotatable bonds is 7. The fourth-order valence-corrected chi connectivity index (χ4v) is 9.55. The smallest absolute Gasteiger partial charge is 0.351 e. The zero-order valence-electron chi connectivity index (χ0n) is 32.1. The van der Waals surface area contributed by atoms with E-state index < -0.39 is 80.2 Å². The molecule has 54 heavy (non-hydrogen) atoms. The Labute approximate surface area is 312 Å². The Morgan fingerprint density at radius 1 is 0.741 bits per heavy atom. The molecule has 0 amide bonds. The standard InChI is InChI=1S/C42H46O12/c1-22-19-24-25(48-21-23-13-11-10-12-14-23)20-26-27(28(24)49-31(22)43)29(50-34(46)41-17-15-39(8,32(44)53-41)37(41,4)5)30(36(2,3)52-26)51-35(47)42-18-16-40(9,33(45)54-42)38(42,6)7/h10-14,19-20,29-30H,15-18,21H2,1-9H3/t29-,30-,39?,40?,41?,42?/m1/s1. The average molecular weight is 743 g/mol. The monoisotopic (exact) mass is 742 g/mol. The summed E-state index contributed by atoms with van der Waals surface area (Å²) in [7, 11) is 0. The lowest BCUT2D eigenvalue weighted by atomic mass is 9.66. The topological polar surface area (TPSA) is 154 Å². The van der Waals surface area contributed by atoms with Gasteiger partial charge in [-0.3, -0.25) is 9.59 Å². The largest absolute Gasteiger partial charge is 0.488 e. The highest BCUT2D eigenvalue weighted by molar-refractivity contribution is 5.96. The number of carbonyl (C=O) groups excluding carboxylic acids is 4. The summed E-state index contributed by atoms with van der Waals surface area (Å²) in [4.78, 5) is 69.0. The molecule has 0 spiro atoms. The Hall–Kier alpha value is -4.87. The van der Waals surface area contributed by atoms with E-state index >= 15 is 0 Å². The van der Waals surface area contributed by atoms with Crippen LogP contribution < -0.4 is 15.1 Å². The van der Waals surface area contributed by atoms with Crippen molar-refractivity contribution in [1.29, 1.82) is 0 Å². The van der Waals surface area contributed by atoms with Crippen LogP contribution in [-0.2, 0) is 44.7 Å². The first-order valence-corrected chi connectivity index (χ1v) is 18.5. The molecule has 3 aliphatic heterocycles. The van der Waals surface area contributed by atoms with E-state index in [0.29, 0.717) is 29.5 Å². The second-order valence-electron chi connectivity index (χ2n) is 17.7. The van der Waals surface area contributed by atoms with Crippen LogP contribution in [0, 0.1) is 28.6 Å². The van der Waals surface area contributed by atoms with Gasteiger partial charge in [0.05, 0.1) is 21.8 Å². The van der Waals surface area contributed by atoms with Crippen molar-refractivity contribution < 1.29 is 52.0 Å². The first-order chi connectivity index (χ1) is 25.2. The van der Waals surface area contributed by atoms with E-state index in [-0.39, 0.29) is 36.3 Å². The number of esters is 4. The molecule has 4 fully saturated rings. The first-order valence-electron chi connectivity index (χ1n) is 18.5. The highest BCUT2D eigenvalue weighted by Gasteiger charge is 2.78. The molecular weight excluding hydrogens is 696 g/mol. The fourth-order valence-electron chi connectivity index (χ4n) is 9.55. The van der Waals surface area contributed by atoms with E-state index in [1.165, 1.54) is 0 Å². The maximum absolute atomic E-state index is 14.7. The molecule has 0 radical (unpaired) electrons. The van der Waals surface area contributed by atoms with Gasteiger partial charge in [0.25, 0.3) is 0 Å². The third-order valence-corrected chi connectivity index (χ3v) is 14.3. The number of hydrogen-bond acceptors (Lipinski definition) is 12. The summed E-state index contributed by atoms with van der Waals surface area (Å²) >= 11 is 0. The van der Waals surface area contributed by atoms with Crippen LogP contribution >= 0.6 is 0 Å². The van der Waals surface area contributed by atoms with E-state index in [9.17, 15) is 24.0 Å². The first kappa shape index (κ1) is 36.1. The highest BCUT2D eigenvalue weighted by Crippen LogP contribution is 2.68. The van der Waals surface area contributed by atoms with Gasteiger partial charge in [-0.05, 0) is 71.9 Å². The van der Waals surface area contributed by atoms with E-state index in [1.54, 1.807) is 46.8 Å². The summed E-state index contributed by atoms with van der Waals surface area (Å²) in [5.74, 6) is -2.10. The number of hydrogen-bond donors (Lipinski definition) is 0. The van der Waals surface area contributed by atoms with Gasteiger partial charge in [-0.15, -0.1) is 0 Å². The molecule has 5 aliphatic rings. The molecule has 2 aliphatic carbocycles. The van der Waals surface area contributed by atoms with Gasteiger partial charge in [0.2, 0.25) is 11.2 Å². The van der Waals surface area contributed by atoms with Crippen molar-refractivity contribution >= 4 is 34.8 Å². The predicted octanol–water partition coefficient (Wildman–Crippen LogP) is 6.59. The molecule has 6 atom stereocenters. The van der Waals surface area contributed by atoms with E-state index in [0.717, 1.165) is 5.56 Å². The van der Waals surface area contributed by atoms with Crippen LogP contribution in [0.25, 0.3) is 11.0 Å². The summed E-state index contributed by atoms with van der Waals surface area (Å²) in [6.45, 7) is 16.0. The Kier molecular flexibility index (Phi) is 7.43. The molecule has 4 unspecified atom stereocenters.